The van der Waals surface area contributed by atoms with Gasteiger partial charge in [0.05, 0.1) is 18.8 Å². The molecule has 1 saturated heterocycles. The van der Waals surface area contributed by atoms with Gasteiger partial charge in [0.1, 0.15) is 10.7 Å². The van der Waals surface area contributed by atoms with Crippen LogP contribution >= 0.6 is 0 Å². The van der Waals surface area contributed by atoms with Crippen LogP contribution in [0.25, 0.3) is 0 Å². The number of nitrogens with one attached hydrogen (secondary N) is 2. The van der Waals surface area contributed by atoms with Crippen molar-refractivity contribution in [1.82, 2.24) is 9.29 Å². The predicted molar refractivity (Wildman–Crippen MR) is 123 cm³/mol. The van der Waals surface area contributed by atoms with E-state index >= 15 is 0 Å². The van der Waals surface area contributed by atoms with Crippen molar-refractivity contribution in [1.29, 1.82) is 0 Å². The molecule has 2 aromatic carbocycles. The molecule has 0 spiro atoms. The first-order valence-corrected chi connectivity index (χ1v) is 11.8. The minimum absolute atomic E-state index is 0.114. The number of carbonyl (C=O) groups excluding carboxylic acids is 2. The number of halogens is 1. The van der Waals surface area contributed by atoms with E-state index in [1.165, 1.54) is 24.4 Å². The second kappa shape index (κ2) is 10.1. The van der Waals surface area contributed by atoms with Gasteiger partial charge in [-0.1, -0.05) is 6.07 Å². The van der Waals surface area contributed by atoms with Crippen molar-refractivity contribution in [3.8, 4) is 0 Å². The summed E-state index contributed by atoms with van der Waals surface area (Å²) in [6.07, 6.45) is 2.97. The van der Waals surface area contributed by atoms with Gasteiger partial charge in [0.25, 0.3) is 11.8 Å². The van der Waals surface area contributed by atoms with Gasteiger partial charge in [-0.25, -0.2) is 12.8 Å². The van der Waals surface area contributed by atoms with Gasteiger partial charge in [0.2, 0.25) is 10.0 Å². The van der Waals surface area contributed by atoms with E-state index in [9.17, 15) is 22.4 Å². The van der Waals surface area contributed by atoms with Crippen LogP contribution in [0.1, 0.15) is 20.7 Å². The second-order valence-corrected chi connectivity index (χ2v) is 9.30. The van der Waals surface area contributed by atoms with Gasteiger partial charge >= 0.3 is 0 Å². The number of amides is 2. The Kier molecular flexibility index (Phi) is 6.96. The van der Waals surface area contributed by atoms with Gasteiger partial charge in [0.15, 0.2) is 0 Å². The summed E-state index contributed by atoms with van der Waals surface area (Å²) >= 11 is 0. The van der Waals surface area contributed by atoms with Gasteiger partial charge in [-0.3, -0.25) is 14.6 Å². The zero-order valence-corrected chi connectivity index (χ0v) is 18.7. The maximum Gasteiger partial charge on any atom is 0.257 e. The van der Waals surface area contributed by atoms with Gasteiger partial charge in [-0.15, -0.1) is 0 Å². The van der Waals surface area contributed by atoms with Crippen molar-refractivity contribution in [3.63, 3.8) is 0 Å². The highest BCUT2D eigenvalue weighted by atomic mass is 32.2. The van der Waals surface area contributed by atoms with Crippen LogP contribution in [0.4, 0.5) is 15.8 Å². The molecule has 4 rings (SSSR count). The van der Waals surface area contributed by atoms with E-state index in [4.69, 9.17) is 4.74 Å². The highest BCUT2D eigenvalue weighted by Gasteiger charge is 2.29. The normalized spacial score (nSPS) is 14.4. The number of hydrogen-bond donors (Lipinski definition) is 2. The van der Waals surface area contributed by atoms with Crippen LogP contribution in [0.3, 0.4) is 0 Å². The van der Waals surface area contributed by atoms with Crippen LogP contribution in [0.15, 0.2) is 71.9 Å². The molecular weight excluding hydrogens is 463 g/mol. The number of benzene rings is 2. The number of ether oxygens (including phenoxy) is 1. The smallest absolute Gasteiger partial charge is 0.257 e. The molecule has 1 fully saturated rings. The van der Waals surface area contributed by atoms with E-state index < -0.39 is 26.6 Å². The van der Waals surface area contributed by atoms with Gasteiger partial charge in [-0.2, -0.15) is 4.31 Å². The lowest BCUT2D eigenvalue weighted by molar-refractivity contribution is 0.0729. The minimum atomic E-state index is -4.09. The van der Waals surface area contributed by atoms with E-state index in [1.54, 1.807) is 30.5 Å². The number of nitrogens with zero attached hydrogens (tertiary/aromatic N) is 2. The molecule has 1 aliphatic heterocycles. The average molecular weight is 485 g/mol. The Labute approximate surface area is 195 Å². The first kappa shape index (κ1) is 23.5. The molecule has 3 aromatic rings. The van der Waals surface area contributed by atoms with Crippen molar-refractivity contribution in [2.45, 2.75) is 4.90 Å². The first-order valence-electron chi connectivity index (χ1n) is 10.3. The van der Waals surface area contributed by atoms with Crippen molar-refractivity contribution >= 4 is 33.2 Å². The maximum atomic E-state index is 14.4. The van der Waals surface area contributed by atoms with Gasteiger partial charge < -0.3 is 15.4 Å². The molecule has 34 heavy (non-hydrogen) atoms. The fourth-order valence-electron chi connectivity index (χ4n) is 3.35. The third-order valence-electron chi connectivity index (χ3n) is 5.08. The van der Waals surface area contributed by atoms with Crippen LogP contribution in [0.5, 0.6) is 0 Å². The predicted octanol–water partition coefficient (Wildman–Crippen LogP) is 2.75. The van der Waals surface area contributed by atoms with Crippen molar-refractivity contribution in [3.05, 3.63) is 83.9 Å². The molecule has 11 heteroatoms. The van der Waals surface area contributed by atoms with E-state index in [0.29, 0.717) is 11.3 Å². The summed E-state index contributed by atoms with van der Waals surface area (Å²) in [5.41, 5.74) is 1.07. The molecule has 0 bridgehead atoms. The fourth-order valence-corrected chi connectivity index (χ4v) is 4.84. The zero-order chi connectivity index (χ0) is 24.1. The molecule has 0 atom stereocenters. The summed E-state index contributed by atoms with van der Waals surface area (Å²) in [5, 5.41) is 5.26. The van der Waals surface area contributed by atoms with Crippen LogP contribution in [0.2, 0.25) is 0 Å². The number of rotatable bonds is 6. The van der Waals surface area contributed by atoms with Crippen LogP contribution < -0.4 is 10.6 Å². The fraction of sp³-hybridized carbons (Fsp3) is 0.174. The lowest BCUT2D eigenvalue weighted by atomic mass is 10.1. The first-order chi connectivity index (χ1) is 16.3. The summed E-state index contributed by atoms with van der Waals surface area (Å²) in [5.74, 6) is -1.86. The number of hydrogen-bond acceptors (Lipinski definition) is 6. The number of pyridine rings is 1. The molecule has 176 valence electrons. The summed E-state index contributed by atoms with van der Waals surface area (Å²) in [6.45, 7) is 0.696. The van der Waals surface area contributed by atoms with E-state index in [0.717, 1.165) is 16.4 Å². The molecular formula is C23H21FN4O5S. The molecule has 2 amide bonds. The number of morpholine rings is 1. The molecule has 0 unspecified atom stereocenters. The van der Waals surface area contributed by atoms with Crippen LogP contribution in [-0.2, 0) is 14.8 Å². The summed E-state index contributed by atoms with van der Waals surface area (Å²) < 4.78 is 46.4. The standard InChI is InChI=1S/C23H21FN4O5S/c24-20-7-6-19(14-21(20)34(31,32)28-9-11-33-12-10-28)27-22(29)16-3-1-5-18(13-16)26-23(30)17-4-2-8-25-15-17/h1-8,13-15H,9-12H2,(H,26,30)(H,27,29). The Morgan fingerprint density at radius 1 is 0.912 bits per heavy atom. The number of aromatic nitrogens is 1. The molecule has 0 aliphatic carbocycles. The Morgan fingerprint density at radius 3 is 2.29 bits per heavy atom. The van der Waals surface area contributed by atoms with E-state index in [2.05, 4.69) is 15.6 Å². The minimum Gasteiger partial charge on any atom is -0.379 e. The topological polar surface area (TPSA) is 118 Å². The summed E-state index contributed by atoms with van der Waals surface area (Å²) in [6, 6.07) is 12.8. The highest BCUT2D eigenvalue weighted by molar-refractivity contribution is 7.89. The van der Waals surface area contributed by atoms with Crippen molar-refractivity contribution in [2.75, 3.05) is 36.9 Å². The number of carbonyl (C=O) groups is 2. The van der Waals surface area contributed by atoms with E-state index in [-0.39, 0.29) is 43.5 Å². The Morgan fingerprint density at radius 2 is 1.59 bits per heavy atom. The zero-order valence-electron chi connectivity index (χ0n) is 17.9. The average Bonchev–Trinajstić information content (AvgIpc) is 2.86. The molecule has 9 nitrogen and oxygen atoms in total. The second-order valence-electron chi connectivity index (χ2n) is 7.39. The third kappa shape index (κ3) is 5.28. The molecule has 2 N–H and O–H groups in total. The molecule has 2 heterocycles. The molecule has 1 aliphatic rings. The lowest BCUT2D eigenvalue weighted by Gasteiger charge is -2.26. The maximum absolute atomic E-state index is 14.4. The van der Waals surface area contributed by atoms with E-state index in [1.807, 2.05) is 0 Å². The summed E-state index contributed by atoms with van der Waals surface area (Å²) in [4.78, 5) is 28.5. The Hall–Kier alpha value is -3.67. The van der Waals surface area contributed by atoms with Crippen molar-refractivity contribution in [2.24, 2.45) is 0 Å². The monoisotopic (exact) mass is 484 g/mol. The van der Waals surface area contributed by atoms with Gasteiger partial charge in [-0.05, 0) is 48.5 Å². The molecule has 1 aromatic heterocycles. The van der Waals surface area contributed by atoms with Crippen LogP contribution in [-0.4, -0.2) is 55.8 Å². The SMILES string of the molecule is O=C(Nc1cccc(C(=O)Nc2ccc(F)c(S(=O)(=O)N3CCOCC3)c2)c1)c1cccnc1. The number of sulfonamides is 1. The van der Waals surface area contributed by atoms with Crippen LogP contribution in [0, 0.1) is 5.82 Å². The van der Waals surface area contributed by atoms with Gasteiger partial charge in [0, 0.05) is 42.4 Å². The quantitative estimate of drug-likeness (QED) is 0.556. The Bertz CT molecular complexity index is 1310. The lowest BCUT2D eigenvalue weighted by Crippen LogP contribution is -2.40. The third-order valence-corrected chi connectivity index (χ3v) is 7.00. The van der Waals surface area contributed by atoms with Crippen molar-refractivity contribution < 1.29 is 27.1 Å². The molecule has 0 saturated carbocycles. The summed E-state index contributed by atoms with van der Waals surface area (Å²) in [7, 11) is -4.09. The largest absolute Gasteiger partial charge is 0.379 e. The number of anilines is 2. The Balaban J connectivity index is 1.50. The highest BCUT2D eigenvalue weighted by Crippen LogP contribution is 2.24. The molecule has 0 radical (unpaired) electrons.